The molecule has 1 aliphatic rings. The Balaban J connectivity index is 1.67. The predicted molar refractivity (Wildman–Crippen MR) is 110 cm³/mol. The van der Waals surface area contributed by atoms with Crippen LogP contribution in [0.1, 0.15) is 28.3 Å². The summed E-state index contributed by atoms with van der Waals surface area (Å²) >= 11 is 0. The summed E-state index contributed by atoms with van der Waals surface area (Å²) < 4.78 is 31.0. The second kappa shape index (κ2) is 8.53. The molecule has 29 heavy (non-hydrogen) atoms. The normalized spacial score (nSPS) is 15.5. The molecule has 4 rings (SSSR count). The topological polar surface area (TPSA) is 39.7 Å². The summed E-state index contributed by atoms with van der Waals surface area (Å²) in [6.45, 7) is 1.25. The number of rotatable bonds is 6. The van der Waals surface area contributed by atoms with Gasteiger partial charge in [-0.25, -0.2) is 4.39 Å². The molecule has 1 heterocycles. The highest BCUT2D eigenvalue weighted by Gasteiger charge is 2.25. The van der Waals surface area contributed by atoms with Gasteiger partial charge in [-0.15, -0.1) is 0 Å². The summed E-state index contributed by atoms with van der Waals surface area (Å²) in [5, 5.41) is 3.49. The van der Waals surface area contributed by atoms with Gasteiger partial charge in [0.25, 0.3) is 0 Å². The van der Waals surface area contributed by atoms with Crippen LogP contribution < -0.4 is 19.5 Å². The second-order valence-electron chi connectivity index (χ2n) is 7.01. The lowest BCUT2D eigenvalue weighted by Crippen LogP contribution is -2.30. The lowest BCUT2D eigenvalue weighted by Gasteiger charge is -2.29. The number of fused-ring (bicyclic) bond motifs is 1. The molecule has 1 atom stereocenters. The number of ether oxygens (including phenoxy) is 3. The average molecular weight is 393 g/mol. The number of benzene rings is 3. The highest BCUT2D eigenvalue weighted by Crippen LogP contribution is 2.38. The molecule has 4 nitrogen and oxygen atoms in total. The van der Waals surface area contributed by atoms with Gasteiger partial charge in [0.05, 0.1) is 20.3 Å². The van der Waals surface area contributed by atoms with Gasteiger partial charge < -0.3 is 19.5 Å². The Morgan fingerprint density at radius 1 is 0.931 bits per heavy atom. The fourth-order valence-electron chi connectivity index (χ4n) is 3.73. The van der Waals surface area contributed by atoms with Gasteiger partial charge in [0, 0.05) is 6.54 Å². The van der Waals surface area contributed by atoms with Crippen molar-refractivity contribution in [3.63, 3.8) is 0 Å². The Bertz CT molecular complexity index is 991. The van der Waals surface area contributed by atoms with Gasteiger partial charge in [0.15, 0.2) is 23.1 Å². The first-order valence-electron chi connectivity index (χ1n) is 9.64. The number of halogens is 1. The van der Waals surface area contributed by atoms with E-state index >= 15 is 0 Å². The van der Waals surface area contributed by atoms with E-state index in [2.05, 4.69) is 5.32 Å². The van der Waals surface area contributed by atoms with E-state index in [1.54, 1.807) is 13.2 Å². The summed E-state index contributed by atoms with van der Waals surface area (Å²) in [5.74, 6) is 1.26. The molecule has 0 aliphatic carbocycles. The van der Waals surface area contributed by atoms with Gasteiger partial charge >= 0.3 is 0 Å². The summed E-state index contributed by atoms with van der Waals surface area (Å²) in [4.78, 5) is 0. The van der Waals surface area contributed by atoms with Crippen LogP contribution in [0.2, 0.25) is 0 Å². The fraction of sp³-hybridized carbons (Fsp3) is 0.250. The van der Waals surface area contributed by atoms with Crippen LogP contribution >= 0.6 is 0 Å². The molecule has 0 aromatic heterocycles. The van der Waals surface area contributed by atoms with E-state index in [1.165, 1.54) is 18.7 Å². The largest absolute Gasteiger partial charge is 0.494 e. The zero-order valence-electron chi connectivity index (χ0n) is 16.6. The molecule has 5 heteroatoms. The maximum absolute atomic E-state index is 14.3. The molecule has 1 unspecified atom stereocenters. The molecule has 1 N–H and O–H groups in total. The van der Waals surface area contributed by atoms with Crippen molar-refractivity contribution < 1.29 is 18.6 Å². The van der Waals surface area contributed by atoms with E-state index in [0.29, 0.717) is 18.1 Å². The van der Waals surface area contributed by atoms with Crippen LogP contribution in [0.25, 0.3) is 0 Å². The van der Waals surface area contributed by atoms with Crippen LogP contribution in [0.5, 0.6) is 17.2 Å². The number of hydrogen-bond donors (Lipinski definition) is 1. The predicted octanol–water partition coefficient (Wildman–Crippen LogP) is 4.66. The Kier molecular flexibility index (Phi) is 5.67. The third kappa shape index (κ3) is 4.05. The standard InChI is InChI=1S/C24H24FNO3/c1-27-21-9-8-18(12-20(21)25)24-19-14-23(29-15-16-6-4-3-5-7-16)22(28-2)13-17(19)10-11-26-24/h3-9,12-14,24,26H,10-11,15H2,1-2H3. The van der Waals surface area contributed by atoms with Gasteiger partial charge in [-0.2, -0.15) is 0 Å². The van der Waals surface area contributed by atoms with Gasteiger partial charge in [-0.1, -0.05) is 36.4 Å². The lowest BCUT2D eigenvalue weighted by molar-refractivity contribution is 0.283. The van der Waals surface area contributed by atoms with E-state index in [9.17, 15) is 4.39 Å². The van der Waals surface area contributed by atoms with Crippen LogP contribution in [0.4, 0.5) is 4.39 Å². The highest BCUT2D eigenvalue weighted by molar-refractivity contribution is 5.52. The first-order valence-corrected chi connectivity index (χ1v) is 9.64. The maximum atomic E-state index is 14.3. The van der Waals surface area contributed by atoms with Crippen LogP contribution in [-0.4, -0.2) is 20.8 Å². The molecule has 150 valence electrons. The van der Waals surface area contributed by atoms with E-state index < -0.39 is 0 Å². The average Bonchev–Trinajstić information content (AvgIpc) is 2.77. The highest BCUT2D eigenvalue weighted by atomic mass is 19.1. The van der Waals surface area contributed by atoms with Crippen LogP contribution in [0.15, 0.2) is 60.7 Å². The molecule has 0 bridgehead atoms. The van der Waals surface area contributed by atoms with Crippen molar-refractivity contribution in [1.29, 1.82) is 0 Å². The van der Waals surface area contributed by atoms with Gasteiger partial charge in [-0.3, -0.25) is 0 Å². The second-order valence-corrected chi connectivity index (χ2v) is 7.01. The fourth-order valence-corrected chi connectivity index (χ4v) is 3.73. The SMILES string of the molecule is COc1ccc(C2NCCc3cc(OC)c(OCc4ccccc4)cc32)cc1F. The monoisotopic (exact) mass is 393 g/mol. The van der Waals surface area contributed by atoms with Gasteiger partial charge in [-0.05, 0) is 52.9 Å². The third-order valence-electron chi connectivity index (χ3n) is 5.23. The van der Waals surface area contributed by atoms with E-state index in [-0.39, 0.29) is 17.6 Å². The van der Waals surface area contributed by atoms with Gasteiger partial charge in [0.1, 0.15) is 6.61 Å². The quantitative estimate of drug-likeness (QED) is 0.661. The minimum Gasteiger partial charge on any atom is -0.494 e. The van der Waals surface area contributed by atoms with Crippen LogP contribution in [0.3, 0.4) is 0 Å². The summed E-state index contributed by atoms with van der Waals surface area (Å²) in [6, 6.07) is 19.0. The molecule has 0 spiro atoms. The van der Waals surface area contributed by atoms with Crippen molar-refractivity contribution in [3.8, 4) is 17.2 Å². The Hall–Kier alpha value is -3.05. The summed E-state index contributed by atoms with van der Waals surface area (Å²) in [7, 11) is 3.11. The molecule has 0 saturated carbocycles. The molecular weight excluding hydrogens is 369 g/mol. The van der Waals surface area contributed by atoms with Crippen molar-refractivity contribution in [2.75, 3.05) is 20.8 Å². The van der Waals surface area contributed by atoms with Crippen molar-refractivity contribution in [2.24, 2.45) is 0 Å². The Morgan fingerprint density at radius 3 is 2.45 bits per heavy atom. The summed E-state index contributed by atoms with van der Waals surface area (Å²) in [5.41, 5.74) is 4.18. The molecule has 0 saturated heterocycles. The first kappa shape index (κ1) is 19.3. The number of nitrogens with one attached hydrogen (secondary N) is 1. The van der Waals surface area contributed by atoms with E-state index in [4.69, 9.17) is 14.2 Å². The molecule has 3 aromatic carbocycles. The first-order chi connectivity index (χ1) is 14.2. The molecular formula is C24H24FNO3. The van der Waals surface area contributed by atoms with E-state index in [0.717, 1.165) is 29.7 Å². The zero-order chi connectivity index (χ0) is 20.2. The number of methoxy groups -OCH3 is 2. The van der Waals surface area contributed by atoms with Gasteiger partial charge in [0.2, 0.25) is 0 Å². The number of hydrogen-bond acceptors (Lipinski definition) is 4. The van der Waals surface area contributed by atoms with Crippen molar-refractivity contribution in [3.05, 3.63) is 88.7 Å². The molecule has 0 amide bonds. The Morgan fingerprint density at radius 2 is 1.72 bits per heavy atom. The smallest absolute Gasteiger partial charge is 0.165 e. The lowest BCUT2D eigenvalue weighted by atomic mass is 9.89. The van der Waals surface area contributed by atoms with Crippen LogP contribution in [-0.2, 0) is 13.0 Å². The molecule has 0 fully saturated rings. The molecule has 3 aromatic rings. The van der Waals surface area contributed by atoms with Crippen molar-refractivity contribution in [2.45, 2.75) is 19.1 Å². The van der Waals surface area contributed by atoms with Crippen molar-refractivity contribution in [1.82, 2.24) is 5.32 Å². The van der Waals surface area contributed by atoms with Crippen LogP contribution in [0, 0.1) is 5.82 Å². The summed E-state index contributed by atoms with van der Waals surface area (Å²) in [6.07, 6.45) is 0.875. The van der Waals surface area contributed by atoms with Crippen molar-refractivity contribution >= 4 is 0 Å². The molecule has 1 aliphatic heterocycles. The third-order valence-corrected chi connectivity index (χ3v) is 5.23. The Labute approximate surface area is 170 Å². The molecule has 0 radical (unpaired) electrons. The minimum absolute atomic E-state index is 0.121. The zero-order valence-corrected chi connectivity index (χ0v) is 16.6. The maximum Gasteiger partial charge on any atom is 0.165 e. The van der Waals surface area contributed by atoms with E-state index in [1.807, 2.05) is 48.5 Å². The minimum atomic E-state index is -0.368.